The fraction of sp³-hybridized carbons (Fsp3) is 0.667. The number of nitrogens with one attached hydrogen (secondary N) is 1. The average molecular weight is 342 g/mol. The van der Waals surface area contributed by atoms with Crippen LogP contribution in [0.3, 0.4) is 0 Å². The summed E-state index contributed by atoms with van der Waals surface area (Å²) in [5.74, 6) is 0.823. The lowest BCUT2D eigenvalue weighted by Crippen LogP contribution is -2.36. The quantitative estimate of drug-likeness (QED) is 0.836. The normalized spacial score (nSPS) is 20.1. The minimum atomic E-state index is 0.00483. The molecule has 1 aliphatic rings. The Balaban J connectivity index is 1.68. The standard InChI is InChI=1S/C15H24BrN3O/c1-12-5-3-7-19(10-12)8-4-6-17-15(20)14-9-13(16)11-18(14)2/h9,11-12H,3-8,10H2,1-2H3,(H,17,20). The molecular formula is C15H24BrN3O. The molecule has 1 N–H and O–H groups in total. The van der Waals surface area contributed by atoms with Crippen molar-refractivity contribution in [3.05, 3.63) is 22.4 Å². The van der Waals surface area contributed by atoms with Gasteiger partial charge in [-0.25, -0.2) is 0 Å². The molecular weight excluding hydrogens is 318 g/mol. The Morgan fingerprint density at radius 2 is 2.35 bits per heavy atom. The molecule has 2 heterocycles. The summed E-state index contributed by atoms with van der Waals surface area (Å²) < 4.78 is 2.78. The number of rotatable bonds is 5. The van der Waals surface area contributed by atoms with Crippen LogP contribution in [0.15, 0.2) is 16.7 Å². The molecule has 0 bridgehead atoms. The summed E-state index contributed by atoms with van der Waals surface area (Å²) in [6.07, 6.45) is 5.58. The second-order valence-electron chi connectivity index (χ2n) is 5.81. The van der Waals surface area contributed by atoms with E-state index in [0.29, 0.717) is 5.69 Å². The van der Waals surface area contributed by atoms with E-state index in [-0.39, 0.29) is 5.91 Å². The Hall–Kier alpha value is -0.810. The molecule has 1 aromatic heterocycles. The first-order valence-electron chi connectivity index (χ1n) is 7.38. The van der Waals surface area contributed by atoms with Gasteiger partial charge < -0.3 is 14.8 Å². The Bertz CT molecular complexity index is 458. The van der Waals surface area contributed by atoms with E-state index in [4.69, 9.17) is 0 Å². The lowest BCUT2D eigenvalue weighted by atomic mass is 10.0. The third-order valence-corrected chi connectivity index (χ3v) is 4.32. The maximum Gasteiger partial charge on any atom is 0.267 e. The molecule has 0 saturated carbocycles. The SMILES string of the molecule is CC1CCCN(CCCNC(=O)c2cc(Br)cn2C)C1. The molecule has 112 valence electrons. The summed E-state index contributed by atoms with van der Waals surface area (Å²) in [6, 6.07) is 1.85. The third kappa shape index (κ3) is 4.35. The Morgan fingerprint density at radius 1 is 1.55 bits per heavy atom. The molecule has 1 aliphatic heterocycles. The van der Waals surface area contributed by atoms with Crippen molar-refractivity contribution in [2.24, 2.45) is 13.0 Å². The molecule has 0 aliphatic carbocycles. The number of likely N-dealkylation sites (tertiary alicyclic amines) is 1. The number of carbonyl (C=O) groups excluding carboxylic acids is 1. The molecule has 1 atom stereocenters. The van der Waals surface area contributed by atoms with Crippen LogP contribution in [-0.4, -0.2) is 41.6 Å². The smallest absolute Gasteiger partial charge is 0.267 e. The van der Waals surface area contributed by atoms with Crippen LogP contribution in [0.2, 0.25) is 0 Å². The number of halogens is 1. The van der Waals surface area contributed by atoms with Crippen molar-refractivity contribution in [2.75, 3.05) is 26.2 Å². The molecule has 0 radical (unpaired) electrons. The molecule has 1 saturated heterocycles. The van der Waals surface area contributed by atoms with Crippen molar-refractivity contribution < 1.29 is 4.79 Å². The molecule has 1 unspecified atom stereocenters. The van der Waals surface area contributed by atoms with Crippen molar-refractivity contribution in [3.8, 4) is 0 Å². The lowest BCUT2D eigenvalue weighted by molar-refractivity contribution is 0.0942. The van der Waals surface area contributed by atoms with Crippen molar-refractivity contribution >= 4 is 21.8 Å². The van der Waals surface area contributed by atoms with E-state index in [9.17, 15) is 4.79 Å². The second-order valence-corrected chi connectivity index (χ2v) is 6.73. The topological polar surface area (TPSA) is 37.3 Å². The third-order valence-electron chi connectivity index (χ3n) is 3.88. The van der Waals surface area contributed by atoms with Gasteiger partial charge in [0, 0.05) is 30.8 Å². The predicted octanol–water partition coefficient (Wildman–Crippen LogP) is 2.64. The van der Waals surface area contributed by atoms with Crippen LogP contribution >= 0.6 is 15.9 Å². The van der Waals surface area contributed by atoms with Gasteiger partial charge in [0.15, 0.2) is 0 Å². The van der Waals surface area contributed by atoms with Gasteiger partial charge >= 0.3 is 0 Å². The molecule has 1 fully saturated rings. The van der Waals surface area contributed by atoms with Gasteiger partial charge in [-0.1, -0.05) is 6.92 Å². The number of nitrogens with zero attached hydrogens (tertiary/aromatic N) is 2. The summed E-state index contributed by atoms with van der Waals surface area (Å²) in [6.45, 7) is 6.57. The van der Waals surface area contributed by atoms with Crippen LogP contribution in [-0.2, 0) is 7.05 Å². The number of aryl methyl sites for hydroxylation is 1. The summed E-state index contributed by atoms with van der Waals surface area (Å²) in [4.78, 5) is 14.5. The van der Waals surface area contributed by atoms with E-state index >= 15 is 0 Å². The van der Waals surface area contributed by atoms with E-state index in [1.165, 1.54) is 25.9 Å². The molecule has 2 rings (SSSR count). The van der Waals surface area contributed by atoms with Crippen molar-refractivity contribution in [3.63, 3.8) is 0 Å². The highest BCUT2D eigenvalue weighted by molar-refractivity contribution is 9.10. The Kier molecular flexibility index (Phi) is 5.66. The summed E-state index contributed by atoms with van der Waals surface area (Å²) in [5, 5.41) is 3.00. The zero-order valence-electron chi connectivity index (χ0n) is 12.4. The van der Waals surface area contributed by atoms with Gasteiger partial charge in [-0.15, -0.1) is 0 Å². The first-order chi connectivity index (χ1) is 9.56. The van der Waals surface area contributed by atoms with Crippen LogP contribution in [0, 0.1) is 5.92 Å². The van der Waals surface area contributed by atoms with Gasteiger partial charge in [0.25, 0.3) is 5.91 Å². The maximum absolute atomic E-state index is 12.0. The minimum Gasteiger partial charge on any atom is -0.351 e. The number of aromatic nitrogens is 1. The zero-order chi connectivity index (χ0) is 14.5. The van der Waals surface area contributed by atoms with E-state index in [1.54, 1.807) is 0 Å². The highest BCUT2D eigenvalue weighted by Gasteiger charge is 2.15. The number of amides is 1. The van der Waals surface area contributed by atoms with Crippen molar-refractivity contribution in [1.82, 2.24) is 14.8 Å². The average Bonchev–Trinajstić information content (AvgIpc) is 2.74. The monoisotopic (exact) mass is 341 g/mol. The number of hydrogen-bond donors (Lipinski definition) is 1. The first kappa shape index (κ1) is 15.6. The molecule has 0 spiro atoms. The maximum atomic E-state index is 12.0. The lowest BCUT2D eigenvalue weighted by Gasteiger charge is -2.30. The van der Waals surface area contributed by atoms with E-state index in [0.717, 1.165) is 29.9 Å². The van der Waals surface area contributed by atoms with E-state index in [2.05, 4.69) is 33.1 Å². The molecule has 4 nitrogen and oxygen atoms in total. The number of piperidine rings is 1. The minimum absolute atomic E-state index is 0.00483. The molecule has 1 aromatic rings. The van der Waals surface area contributed by atoms with Crippen LogP contribution in [0.5, 0.6) is 0 Å². The van der Waals surface area contributed by atoms with Gasteiger partial charge in [-0.3, -0.25) is 4.79 Å². The Labute approximate surface area is 129 Å². The highest BCUT2D eigenvalue weighted by Crippen LogP contribution is 2.15. The van der Waals surface area contributed by atoms with Gasteiger partial charge in [0.1, 0.15) is 5.69 Å². The van der Waals surface area contributed by atoms with Crippen LogP contribution in [0.1, 0.15) is 36.7 Å². The van der Waals surface area contributed by atoms with Gasteiger partial charge in [0.05, 0.1) is 0 Å². The van der Waals surface area contributed by atoms with Gasteiger partial charge in [-0.05, 0) is 60.3 Å². The largest absolute Gasteiger partial charge is 0.351 e. The first-order valence-corrected chi connectivity index (χ1v) is 8.18. The molecule has 1 amide bonds. The zero-order valence-corrected chi connectivity index (χ0v) is 13.9. The summed E-state index contributed by atoms with van der Waals surface area (Å²) in [5.41, 5.74) is 0.698. The van der Waals surface area contributed by atoms with E-state index in [1.807, 2.05) is 23.9 Å². The molecule has 0 aromatic carbocycles. The predicted molar refractivity (Wildman–Crippen MR) is 84.9 cm³/mol. The second kappa shape index (κ2) is 7.27. The van der Waals surface area contributed by atoms with Gasteiger partial charge in [0.2, 0.25) is 0 Å². The fourth-order valence-corrected chi connectivity index (χ4v) is 3.36. The molecule has 20 heavy (non-hydrogen) atoms. The van der Waals surface area contributed by atoms with Gasteiger partial charge in [-0.2, -0.15) is 0 Å². The fourth-order valence-electron chi connectivity index (χ4n) is 2.83. The van der Waals surface area contributed by atoms with Crippen LogP contribution in [0.25, 0.3) is 0 Å². The van der Waals surface area contributed by atoms with Crippen LogP contribution in [0.4, 0.5) is 0 Å². The van der Waals surface area contributed by atoms with Crippen molar-refractivity contribution in [1.29, 1.82) is 0 Å². The highest BCUT2D eigenvalue weighted by atomic mass is 79.9. The molecule has 5 heteroatoms. The van der Waals surface area contributed by atoms with Crippen molar-refractivity contribution in [2.45, 2.75) is 26.2 Å². The number of carbonyl (C=O) groups is 1. The summed E-state index contributed by atoms with van der Waals surface area (Å²) >= 11 is 3.38. The van der Waals surface area contributed by atoms with E-state index < -0.39 is 0 Å². The summed E-state index contributed by atoms with van der Waals surface area (Å²) in [7, 11) is 1.88. The number of hydrogen-bond acceptors (Lipinski definition) is 2. The Morgan fingerprint density at radius 3 is 3.00 bits per heavy atom. The van der Waals surface area contributed by atoms with Crippen LogP contribution < -0.4 is 5.32 Å².